The molecule has 0 atom stereocenters. The second kappa shape index (κ2) is 6.30. The lowest BCUT2D eigenvalue weighted by molar-refractivity contribution is -0.137. The Morgan fingerprint density at radius 1 is 1.10 bits per heavy atom. The fraction of sp³-hybridized carbons (Fsp3) is 0.133. The summed E-state index contributed by atoms with van der Waals surface area (Å²) in [5.41, 5.74) is 0.123. The second-order valence-electron chi connectivity index (χ2n) is 4.39. The first kappa shape index (κ1) is 15.6. The third-order valence-electron chi connectivity index (χ3n) is 2.81. The Bertz CT molecular complexity index is 638. The largest absolute Gasteiger partial charge is 0.416 e. The molecule has 0 fully saturated rings. The van der Waals surface area contributed by atoms with E-state index in [1.54, 1.807) is 24.3 Å². The lowest BCUT2D eigenvalue weighted by Crippen LogP contribution is -2.22. The highest BCUT2D eigenvalue weighted by molar-refractivity contribution is 9.10. The fourth-order valence-electron chi connectivity index (χ4n) is 1.74. The maximum absolute atomic E-state index is 12.6. The van der Waals surface area contributed by atoms with Crippen LogP contribution in [-0.4, -0.2) is 5.91 Å². The summed E-state index contributed by atoms with van der Waals surface area (Å²) in [4.78, 5) is 11.9. The van der Waals surface area contributed by atoms with Gasteiger partial charge in [-0.25, -0.2) is 0 Å². The van der Waals surface area contributed by atoms with E-state index < -0.39 is 11.7 Å². The van der Waals surface area contributed by atoms with E-state index in [1.165, 1.54) is 12.1 Å². The van der Waals surface area contributed by atoms with Crippen LogP contribution in [0.2, 0.25) is 0 Å². The van der Waals surface area contributed by atoms with Crippen LogP contribution < -0.4 is 5.32 Å². The first-order valence-corrected chi connectivity index (χ1v) is 6.85. The molecule has 2 rings (SSSR count). The highest BCUT2D eigenvalue weighted by Crippen LogP contribution is 2.29. The number of hydrogen-bond donors (Lipinski definition) is 1. The first-order chi connectivity index (χ1) is 9.86. The van der Waals surface area contributed by atoms with Gasteiger partial charge in [-0.05, 0) is 42.0 Å². The summed E-state index contributed by atoms with van der Waals surface area (Å²) in [5, 5.41) is 2.59. The number of hydrogen-bond acceptors (Lipinski definition) is 1. The van der Waals surface area contributed by atoms with Crippen molar-refractivity contribution in [2.24, 2.45) is 0 Å². The molecule has 0 saturated carbocycles. The van der Waals surface area contributed by atoms with Gasteiger partial charge in [-0.15, -0.1) is 0 Å². The number of amides is 1. The zero-order valence-corrected chi connectivity index (χ0v) is 12.3. The average Bonchev–Trinajstić information content (AvgIpc) is 2.45. The van der Waals surface area contributed by atoms with E-state index in [0.29, 0.717) is 11.1 Å². The van der Waals surface area contributed by atoms with Gasteiger partial charge in [0, 0.05) is 16.6 Å². The summed E-state index contributed by atoms with van der Waals surface area (Å²) < 4.78 is 38.6. The van der Waals surface area contributed by atoms with E-state index in [0.717, 1.165) is 16.6 Å². The highest BCUT2D eigenvalue weighted by atomic mass is 79.9. The molecular formula is C15H11BrF3NO. The van der Waals surface area contributed by atoms with Gasteiger partial charge in [-0.1, -0.05) is 28.1 Å². The molecule has 0 bridgehead atoms. The van der Waals surface area contributed by atoms with Crippen molar-refractivity contribution in [2.75, 3.05) is 0 Å². The molecule has 0 aliphatic carbocycles. The van der Waals surface area contributed by atoms with Gasteiger partial charge in [0.15, 0.2) is 0 Å². The summed E-state index contributed by atoms with van der Waals surface area (Å²) in [6.07, 6.45) is -4.38. The SMILES string of the molecule is O=C(NCc1cccc(C(F)(F)F)c1)c1ccc(Br)cc1. The monoisotopic (exact) mass is 357 g/mol. The molecule has 0 aromatic heterocycles. The molecule has 0 aliphatic heterocycles. The van der Waals surface area contributed by atoms with Crippen LogP contribution in [0.5, 0.6) is 0 Å². The predicted octanol–water partition coefficient (Wildman–Crippen LogP) is 4.40. The number of halogens is 4. The van der Waals surface area contributed by atoms with E-state index >= 15 is 0 Å². The van der Waals surface area contributed by atoms with Crippen molar-refractivity contribution in [3.8, 4) is 0 Å². The molecule has 0 unspecified atom stereocenters. The van der Waals surface area contributed by atoms with Crippen molar-refractivity contribution in [3.63, 3.8) is 0 Å². The summed E-state index contributed by atoms with van der Waals surface area (Å²) in [5.74, 6) is -0.333. The second-order valence-corrected chi connectivity index (χ2v) is 5.30. The van der Waals surface area contributed by atoms with Crippen LogP contribution in [0.15, 0.2) is 53.0 Å². The summed E-state index contributed by atoms with van der Waals surface area (Å²) >= 11 is 3.26. The molecule has 110 valence electrons. The summed E-state index contributed by atoms with van der Waals surface area (Å²) in [7, 11) is 0. The van der Waals surface area contributed by atoms with Crippen molar-refractivity contribution in [1.82, 2.24) is 5.32 Å². The molecule has 1 amide bonds. The Kier molecular flexibility index (Phi) is 4.67. The Balaban J connectivity index is 2.03. The highest BCUT2D eigenvalue weighted by Gasteiger charge is 2.30. The van der Waals surface area contributed by atoms with Crippen molar-refractivity contribution >= 4 is 21.8 Å². The fourth-order valence-corrected chi connectivity index (χ4v) is 2.01. The Labute approximate surface area is 128 Å². The van der Waals surface area contributed by atoms with Crippen molar-refractivity contribution in [1.29, 1.82) is 0 Å². The van der Waals surface area contributed by atoms with Crippen LogP contribution in [-0.2, 0) is 12.7 Å². The van der Waals surface area contributed by atoms with E-state index in [9.17, 15) is 18.0 Å². The van der Waals surface area contributed by atoms with Crippen molar-refractivity contribution in [3.05, 3.63) is 69.7 Å². The zero-order chi connectivity index (χ0) is 15.5. The molecule has 1 N–H and O–H groups in total. The van der Waals surface area contributed by atoms with Gasteiger partial charge < -0.3 is 5.32 Å². The number of benzene rings is 2. The predicted molar refractivity (Wildman–Crippen MR) is 76.8 cm³/mol. The van der Waals surface area contributed by atoms with Gasteiger partial charge in [-0.3, -0.25) is 4.79 Å². The van der Waals surface area contributed by atoms with E-state index in [-0.39, 0.29) is 12.5 Å². The average molecular weight is 358 g/mol. The molecule has 0 radical (unpaired) electrons. The molecule has 2 aromatic rings. The van der Waals surface area contributed by atoms with Crippen LogP contribution >= 0.6 is 15.9 Å². The Hall–Kier alpha value is -1.82. The zero-order valence-electron chi connectivity index (χ0n) is 10.7. The minimum atomic E-state index is -4.38. The molecule has 2 nitrogen and oxygen atoms in total. The molecule has 2 aromatic carbocycles. The number of nitrogens with one attached hydrogen (secondary N) is 1. The first-order valence-electron chi connectivity index (χ1n) is 6.06. The van der Waals surface area contributed by atoms with Gasteiger partial charge in [0.05, 0.1) is 5.56 Å². The lowest BCUT2D eigenvalue weighted by atomic mass is 10.1. The Morgan fingerprint density at radius 2 is 1.76 bits per heavy atom. The number of alkyl halides is 3. The molecule has 0 aliphatic rings. The third kappa shape index (κ3) is 4.32. The molecule has 6 heteroatoms. The van der Waals surface area contributed by atoms with Gasteiger partial charge in [-0.2, -0.15) is 13.2 Å². The maximum atomic E-state index is 12.6. The molecule has 0 spiro atoms. The minimum absolute atomic E-state index is 0.0405. The van der Waals surface area contributed by atoms with Gasteiger partial charge in [0.25, 0.3) is 5.91 Å². The van der Waals surface area contributed by atoms with E-state index in [2.05, 4.69) is 21.2 Å². The third-order valence-corrected chi connectivity index (χ3v) is 3.34. The van der Waals surface area contributed by atoms with Gasteiger partial charge in [0.1, 0.15) is 0 Å². The van der Waals surface area contributed by atoms with Crippen LogP contribution in [0, 0.1) is 0 Å². The van der Waals surface area contributed by atoms with Crippen LogP contribution in [0.3, 0.4) is 0 Å². The smallest absolute Gasteiger partial charge is 0.348 e. The van der Waals surface area contributed by atoms with Crippen LogP contribution in [0.25, 0.3) is 0 Å². The normalized spacial score (nSPS) is 11.2. The lowest BCUT2D eigenvalue weighted by Gasteiger charge is -2.09. The van der Waals surface area contributed by atoms with Crippen LogP contribution in [0.4, 0.5) is 13.2 Å². The summed E-state index contributed by atoms with van der Waals surface area (Å²) in [6.45, 7) is 0.0405. The number of rotatable bonds is 3. The minimum Gasteiger partial charge on any atom is -0.348 e. The Morgan fingerprint density at radius 3 is 2.38 bits per heavy atom. The quantitative estimate of drug-likeness (QED) is 0.866. The molecular weight excluding hydrogens is 347 g/mol. The molecule has 0 saturated heterocycles. The molecule has 0 heterocycles. The number of carbonyl (C=O) groups excluding carboxylic acids is 1. The van der Waals surface area contributed by atoms with E-state index in [4.69, 9.17) is 0 Å². The standard InChI is InChI=1S/C15H11BrF3NO/c16-13-6-4-11(5-7-13)14(21)20-9-10-2-1-3-12(8-10)15(17,18)19/h1-8H,9H2,(H,20,21). The van der Waals surface area contributed by atoms with Crippen molar-refractivity contribution in [2.45, 2.75) is 12.7 Å². The summed E-state index contributed by atoms with van der Waals surface area (Å²) in [6, 6.07) is 11.6. The molecule has 21 heavy (non-hydrogen) atoms. The van der Waals surface area contributed by atoms with Crippen LogP contribution in [0.1, 0.15) is 21.5 Å². The topological polar surface area (TPSA) is 29.1 Å². The van der Waals surface area contributed by atoms with Crippen molar-refractivity contribution < 1.29 is 18.0 Å². The van der Waals surface area contributed by atoms with Gasteiger partial charge >= 0.3 is 6.18 Å². The number of carbonyl (C=O) groups is 1. The van der Waals surface area contributed by atoms with Gasteiger partial charge in [0.2, 0.25) is 0 Å². The van der Waals surface area contributed by atoms with E-state index in [1.807, 2.05) is 0 Å². The maximum Gasteiger partial charge on any atom is 0.416 e.